The van der Waals surface area contributed by atoms with Crippen LogP contribution in [-0.2, 0) is 0 Å². The van der Waals surface area contributed by atoms with Crippen LogP contribution in [0.1, 0.15) is 0 Å². The van der Waals surface area contributed by atoms with E-state index in [4.69, 9.17) is 9.97 Å². The molecule has 0 saturated heterocycles. The molecule has 0 unspecified atom stereocenters. The lowest BCUT2D eigenvalue weighted by Crippen LogP contribution is -1.99. The molecule has 0 saturated carbocycles. The van der Waals surface area contributed by atoms with Gasteiger partial charge < -0.3 is 4.57 Å². The van der Waals surface area contributed by atoms with E-state index in [1.54, 1.807) is 0 Å². The number of hydrogen-bond acceptors (Lipinski definition) is 2. The van der Waals surface area contributed by atoms with E-state index in [9.17, 15) is 0 Å². The number of rotatable bonds is 8. The van der Waals surface area contributed by atoms with Gasteiger partial charge in [0.25, 0.3) is 0 Å². The van der Waals surface area contributed by atoms with E-state index in [-0.39, 0.29) is 0 Å². The second kappa shape index (κ2) is 15.6. The average Bonchev–Trinajstić information content (AvgIpc) is 3.69. The number of hydrogen-bond donors (Lipinski definition) is 0. The summed E-state index contributed by atoms with van der Waals surface area (Å²) in [6.07, 6.45) is 0. The minimum Gasteiger partial charge on any atom is -0.306 e. The lowest BCUT2D eigenvalue weighted by atomic mass is 9.92. The van der Waals surface area contributed by atoms with Gasteiger partial charge in [0.1, 0.15) is 5.52 Å². The van der Waals surface area contributed by atoms with Gasteiger partial charge in [0.05, 0.1) is 16.7 Å². The molecule has 286 valence electrons. The van der Waals surface area contributed by atoms with Crippen LogP contribution in [0.15, 0.2) is 237 Å². The number of aromatic nitrogens is 3. The molecule has 3 nitrogen and oxygen atoms in total. The van der Waals surface area contributed by atoms with Crippen LogP contribution in [0, 0.1) is 0 Å². The molecule has 0 atom stereocenters. The normalized spacial score (nSPS) is 11.3. The first kappa shape index (κ1) is 36.0. The van der Waals surface area contributed by atoms with Gasteiger partial charge in [-0.05, 0) is 98.1 Å². The van der Waals surface area contributed by atoms with Crippen molar-refractivity contribution in [3.63, 3.8) is 0 Å². The molecular weight excluding hydrogens is 739 g/mol. The van der Waals surface area contributed by atoms with Crippen LogP contribution in [0.3, 0.4) is 0 Å². The number of para-hydroxylation sites is 2. The van der Waals surface area contributed by atoms with Crippen molar-refractivity contribution in [2.45, 2.75) is 0 Å². The highest BCUT2D eigenvalue weighted by atomic mass is 15.0. The van der Waals surface area contributed by atoms with E-state index in [0.29, 0.717) is 5.82 Å². The van der Waals surface area contributed by atoms with Crippen molar-refractivity contribution in [1.82, 2.24) is 14.5 Å². The molecule has 11 aromatic rings. The Kier molecular flexibility index (Phi) is 9.18. The summed E-state index contributed by atoms with van der Waals surface area (Å²) in [6.45, 7) is 0. The zero-order valence-corrected chi connectivity index (χ0v) is 33.4. The Morgan fingerprint density at radius 1 is 0.279 bits per heavy atom. The van der Waals surface area contributed by atoms with Gasteiger partial charge in [-0.1, -0.05) is 194 Å². The number of fused-ring (bicyclic) bond motifs is 3. The van der Waals surface area contributed by atoms with E-state index in [0.717, 1.165) is 55.6 Å². The van der Waals surface area contributed by atoms with Crippen molar-refractivity contribution in [3.8, 4) is 84.0 Å². The second-order valence-corrected chi connectivity index (χ2v) is 15.4. The summed E-state index contributed by atoms with van der Waals surface area (Å²) in [5.41, 5.74) is 18.9. The Bertz CT molecular complexity index is 3240. The molecule has 11 rings (SSSR count). The monoisotopic (exact) mass is 777 g/mol. The molecule has 0 aliphatic rings. The summed E-state index contributed by atoms with van der Waals surface area (Å²) in [7, 11) is 0. The molecule has 9 aromatic carbocycles. The fourth-order valence-corrected chi connectivity index (χ4v) is 8.55. The number of benzene rings is 9. The first-order valence-electron chi connectivity index (χ1n) is 20.7. The minimum atomic E-state index is 0.702. The van der Waals surface area contributed by atoms with Gasteiger partial charge in [-0.3, -0.25) is 0 Å². The third-order valence-electron chi connectivity index (χ3n) is 11.6. The maximum Gasteiger partial charge on any atom is 0.160 e. The van der Waals surface area contributed by atoms with Crippen molar-refractivity contribution < 1.29 is 0 Å². The van der Waals surface area contributed by atoms with Gasteiger partial charge in [-0.15, -0.1) is 0 Å². The molecule has 0 radical (unpaired) electrons. The summed E-state index contributed by atoms with van der Waals surface area (Å²) < 4.78 is 2.30. The van der Waals surface area contributed by atoms with Crippen LogP contribution in [0.25, 0.3) is 106 Å². The predicted octanol–water partition coefficient (Wildman–Crippen LogP) is 15.2. The van der Waals surface area contributed by atoms with Crippen LogP contribution in [0.4, 0.5) is 0 Å². The molecule has 61 heavy (non-hydrogen) atoms. The van der Waals surface area contributed by atoms with Gasteiger partial charge in [0.15, 0.2) is 5.82 Å². The van der Waals surface area contributed by atoms with Crippen molar-refractivity contribution in [2.75, 3.05) is 0 Å². The highest BCUT2D eigenvalue weighted by Gasteiger charge is 2.21. The van der Waals surface area contributed by atoms with E-state index in [1.807, 2.05) is 6.07 Å². The summed E-state index contributed by atoms with van der Waals surface area (Å²) in [6, 6.07) is 84.0. The van der Waals surface area contributed by atoms with Gasteiger partial charge in [-0.25, -0.2) is 9.97 Å². The van der Waals surface area contributed by atoms with Crippen LogP contribution < -0.4 is 0 Å². The first-order valence-corrected chi connectivity index (χ1v) is 20.7. The Labute approximate surface area is 355 Å². The van der Waals surface area contributed by atoms with E-state index in [2.05, 4.69) is 235 Å². The fourth-order valence-electron chi connectivity index (χ4n) is 8.55. The second-order valence-electron chi connectivity index (χ2n) is 15.4. The molecule has 0 amide bonds. The molecule has 0 aliphatic carbocycles. The lowest BCUT2D eigenvalue weighted by molar-refractivity contribution is 1.15. The van der Waals surface area contributed by atoms with Crippen molar-refractivity contribution in [1.29, 1.82) is 0 Å². The van der Waals surface area contributed by atoms with Gasteiger partial charge in [-0.2, -0.15) is 0 Å². The molecule has 0 N–H and O–H groups in total. The summed E-state index contributed by atoms with van der Waals surface area (Å²) in [5.74, 6) is 0.702. The molecular formula is C58H39N3. The largest absolute Gasteiger partial charge is 0.306 e. The Balaban J connectivity index is 0.928. The highest BCUT2D eigenvalue weighted by molar-refractivity contribution is 6.11. The Hall–Kier alpha value is -8.14. The smallest absolute Gasteiger partial charge is 0.160 e. The topological polar surface area (TPSA) is 30.7 Å². The highest BCUT2D eigenvalue weighted by Crippen LogP contribution is 2.39. The van der Waals surface area contributed by atoms with Crippen molar-refractivity contribution >= 4 is 21.9 Å². The van der Waals surface area contributed by atoms with Gasteiger partial charge >= 0.3 is 0 Å². The minimum absolute atomic E-state index is 0.702. The van der Waals surface area contributed by atoms with Crippen LogP contribution in [-0.4, -0.2) is 14.5 Å². The standard InChI is InChI=1S/C58H39N3/c1-5-16-40(17-6-1)49-37-50(41-18-7-2-8-19-41)39-51(38-49)44-30-28-42(29-31-44)47-22-15-23-48(36-47)43-32-34-46(35-33-43)58-59-55(45-20-9-3-10-21-45)57-56(60-58)53-26-13-14-27-54(53)61(57)52-24-11-4-12-25-52/h1-39H. The molecule has 0 aliphatic heterocycles. The van der Waals surface area contributed by atoms with Gasteiger partial charge in [0, 0.05) is 22.2 Å². The predicted molar refractivity (Wildman–Crippen MR) is 254 cm³/mol. The van der Waals surface area contributed by atoms with Gasteiger partial charge in [0.2, 0.25) is 0 Å². The average molecular weight is 778 g/mol. The molecule has 2 aromatic heterocycles. The Morgan fingerprint density at radius 2 is 0.672 bits per heavy atom. The quantitative estimate of drug-likeness (QED) is 0.154. The summed E-state index contributed by atoms with van der Waals surface area (Å²) in [4.78, 5) is 10.6. The Morgan fingerprint density at radius 3 is 1.21 bits per heavy atom. The maximum atomic E-state index is 5.32. The molecule has 0 fully saturated rings. The van der Waals surface area contributed by atoms with Crippen molar-refractivity contribution in [2.24, 2.45) is 0 Å². The molecule has 0 spiro atoms. The summed E-state index contributed by atoms with van der Waals surface area (Å²) in [5, 5.41) is 1.10. The SMILES string of the molecule is c1ccc(-c2cc(-c3ccccc3)cc(-c3ccc(-c4cccc(-c5ccc(-c6nc(-c7ccccc7)c7c(n6)c6ccccc6n7-c6ccccc6)cc5)c4)cc3)c2)cc1. The fraction of sp³-hybridized carbons (Fsp3) is 0. The van der Waals surface area contributed by atoms with Crippen LogP contribution >= 0.6 is 0 Å². The van der Waals surface area contributed by atoms with Crippen LogP contribution in [0.5, 0.6) is 0 Å². The van der Waals surface area contributed by atoms with Crippen molar-refractivity contribution in [3.05, 3.63) is 237 Å². The zero-order chi connectivity index (χ0) is 40.5. The van der Waals surface area contributed by atoms with E-state index >= 15 is 0 Å². The zero-order valence-electron chi connectivity index (χ0n) is 33.4. The lowest BCUT2D eigenvalue weighted by Gasteiger charge is -2.13. The maximum absolute atomic E-state index is 5.32. The number of nitrogens with zero attached hydrogens (tertiary/aromatic N) is 3. The van der Waals surface area contributed by atoms with Crippen LogP contribution in [0.2, 0.25) is 0 Å². The molecule has 3 heteroatoms. The van der Waals surface area contributed by atoms with E-state index < -0.39 is 0 Å². The molecule has 2 heterocycles. The first-order chi connectivity index (χ1) is 30.2. The molecule has 0 bridgehead atoms. The van der Waals surface area contributed by atoms with E-state index in [1.165, 1.54) is 44.5 Å². The third kappa shape index (κ3) is 6.88. The third-order valence-corrected chi connectivity index (χ3v) is 11.6. The summed E-state index contributed by atoms with van der Waals surface area (Å²) >= 11 is 0.